The van der Waals surface area contributed by atoms with Gasteiger partial charge in [0, 0.05) is 32.0 Å². The molecule has 0 aliphatic carbocycles. The normalized spacial score (nSPS) is 18.7. The van der Waals surface area contributed by atoms with E-state index in [-0.39, 0.29) is 23.3 Å². The molecule has 2 rings (SSSR count). The number of rotatable bonds is 7. The van der Waals surface area contributed by atoms with Crippen molar-refractivity contribution in [2.75, 3.05) is 26.3 Å². The first kappa shape index (κ1) is 15.9. The maximum Gasteiger partial charge on any atom is 0.240 e. The first-order chi connectivity index (χ1) is 10.0. The smallest absolute Gasteiger partial charge is 0.240 e. The lowest BCUT2D eigenvalue weighted by Crippen LogP contribution is -2.27. The van der Waals surface area contributed by atoms with E-state index in [1.54, 1.807) is 24.3 Å². The number of amides is 1. The zero-order valence-electron chi connectivity index (χ0n) is 12.0. The number of hydrogen-bond donors (Lipinski definition) is 2. The quantitative estimate of drug-likeness (QED) is 0.722. The van der Waals surface area contributed by atoms with Gasteiger partial charge in [-0.3, -0.25) is 4.79 Å². The largest absolute Gasteiger partial charge is 0.380 e. The standard InChI is InChI=1S/C14H20N2O4S/c1-2-20-8-7-16-21(18,19)13-5-3-11(4-6-13)12-9-14(17)15-10-12/h3-6,12,16H,2,7-10H2,1H3,(H,15,17)/t12-/m0/s1. The molecule has 2 N–H and O–H groups in total. The van der Waals surface area contributed by atoms with Gasteiger partial charge in [-0.25, -0.2) is 13.1 Å². The highest BCUT2D eigenvalue weighted by molar-refractivity contribution is 7.89. The van der Waals surface area contributed by atoms with Crippen LogP contribution in [0.5, 0.6) is 0 Å². The van der Waals surface area contributed by atoms with Gasteiger partial charge in [0.25, 0.3) is 0 Å². The van der Waals surface area contributed by atoms with E-state index < -0.39 is 10.0 Å². The zero-order chi connectivity index (χ0) is 15.3. The van der Waals surface area contributed by atoms with Gasteiger partial charge in [-0.05, 0) is 24.6 Å². The topological polar surface area (TPSA) is 84.5 Å². The number of ether oxygens (including phenoxy) is 1. The Morgan fingerprint density at radius 2 is 2.05 bits per heavy atom. The van der Waals surface area contributed by atoms with Crippen molar-refractivity contribution in [3.8, 4) is 0 Å². The minimum atomic E-state index is -3.50. The third-order valence-corrected chi connectivity index (χ3v) is 4.86. The summed E-state index contributed by atoms with van der Waals surface area (Å²) < 4.78 is 31.7. The summed E-state index contributed by atoms with van der Waals surface area (Å²) in [6.07, 6.45) is 0.457. The molecule has 0 spiro atoms. The van der Waals surface area contributed by atoms with E-state index in [4.69, 9.17) is 4.74 Å². The Labute approximate surface area is 124 Å². The van der Waals surface area contributed by atoms with E-state index in [1.165, 1.54) is 0 Å². The number of nitrogens with one attached hydrogen (secondary N) is 2. The maximum atomic E-state index is 12.0. The summed E-state index contributed by atoms with van der Waals surface area (Å²) >= 11 is 0. The summed E-state index contributed by atoms with van der Waals surface area (Å²) in [7, 11) is -3.50. The van der Waals surface area contributed by atoms with Gasteiger partial charge in [0.2, 0.25) is 15.9 Å². The monoisotopic (exact) mass is 312 g/mol. The van der Waals surface area contributed by atoms with Gasteiger partial charge in [-0.15, -0.1) is 0 Å². The molecule has 7 heteroatoms. The Balaban J connectivity index is 1.99. The van der Waals surface area contributed by atoms with Crippen molar-refractivity contribution < 1.29 is 17.9 Å². The van der Waals surface area contributed by atoms with Crippen molar-refractivity contribution in [2.45, 2.75) is 24.2 Å². The summed E-state index contributed by atoms with van der Waals surface area (Å²) in [6, 6.07) is 6.67. The maximum absolute atomic E-state index is 12.0. The van der Waals surface area contributed by atoms with Crippen LogP contribution in [0.2, 0.25) is 0 Å². The second-order valence-electron chi connectivity index (χ2n) is 4.87. The Morgan fingerprint density at radius 1 is 1.33 bits per heavy atom. The molecule has 1 aliphatic heterocycles. The number of benzene rings is 1. The van der Waals surface area contributed by atoms with Crippen molar-refractivity contribution in [3.63, 3.8) is 0 Å². The minimum absolute atomic E-state index is 0.0364. The lowest BCUT2D eigenvalue weighted by atomic mass is 9.99. The van der Waals surface area contributed by atoms with Crippen LogP contribution >= 0.6 is 0 Å². The molecule has 0 radical (unpaired) electrons. The van der Waals surface area contributed by atoms with Gasteiger partial charge in [-0.2, -0.15) is 0 Å². The Hall–Kier alpha value is -1.44. The second-order valence-corrected chi connectivity index (χ2v) is 6.64. The van der Waals surface area contributed by atoms with Crippen LogP contribution < -0.4 is 10.0 Å². The summed E-state index contributed by atoms with van der Waals surface area (Å²) in [6.45, 7) is 3.63. The van der Waals surface area contributed by atoms with Gasteiger partial charge in [-0.1, -0.05) is 12.1 Å². The molecule has 0 saturated carbocycles. The molecule has 1 saturated heterocycles. The van der Waals surface area contributed by atoms with Gasteiger partial charge in [0.05, 0.1) is 11.5 Å². The zero-order valence-corrected chi connectivity index (χ0v) is 12.8. The van der Waals surface area contributed by atoms with Crippen molar-refractivity contribution in [1.82, 2.24) is 10.0 Å². The van der Waals surface area contributed by atoms with E-state index in [0.717, 1.165) is 5.56 Å². The van der Waals surface area contributed by atoms with Crippen molar-refractivity contribution in [1.29, 1.82) is 0 Å². The summed E-state index contributed by atoms with van der Waals surface area (Å²) in [4.78, 5) is 11.4. The van der Waals surface area contributed by atoms with Crippen LogP contribution in [0, 0.1) is 0 Å². The van der Waals surface area contributed by atoms with Gasteiger partial charge >= 0.3 is 0 Å². The number of sulfonamides is 1. The number of hydrogen-bond acceptors (Lipinski definition) is 4. The van der Waals surface area contributed by atoms with Gasteiger partial charge in [0.15, 0.2) is 0 Å². The molecule has 1 aliphatic rings. The van der Waals surface area contributed by atoms with Crippen LogP contribution in [0.3, 0.4) is 0 Å². The molecule has 0 unspecified atom stereocenters. The van der Waals surface area contributed by atoms with Gasteiger partial charge in [0.1, 0.15) is 0 Å². The summed E-state index contributed by atoms with van der Waals surface area (Å²) in [5.74, 6) is 0.162. The predicted octanol–water partition coefficient (Wildman–Crippen LogP) is 0.605. The van der Waals surface area contributed by atoms with Crippen LogP contribution in [-0.4, -0.2) is 40.6 Å². The fourth-order valence-electron chi connectivity index (χ4n) is 2.24. The average molecular weight is 312 g/mol. The Morgan fingerprint density at radius 3 is 2.62 bits per heavy atom. The third kappa shape index (κ3) is 4.26. The first-order valence-corrected chi connectivity index (χ1v) is 8.45. The van der Waals surface area contributed by atoms with Crippen LogP contribution in [0.4, 0.5) is 0 Å². The molecule has 1 heterocycles. The average Bonchev–Trinajstić information content (AvgIpc) is 2.90. The molecule has 6 nitrogen and oxygen atoms in total. The molecule has 21 heavy (non-hydrogen) atoms. The fourth-order valence-corrected chi connectivity index (χ4v) is 3.25. The third-order valence-electron chi connectivity index (χ3n) is 3.38. The first-order valence-electron chi connectivity index (χ1n) is 6.97. The summed E-state index contributed by atoms with van der Waals surface area (Å²) in [5, 5.41) is 2.77. The molecule has 116 valence electrons. The highest BCUT2D eigenvalue weighted by Crippen LogP contribution is 2.24. The van der Waals surface area contributed by atoms with E-state index in [2.05, 4.69) is 10.0 Å². The molecule has 1 amide bonds. The molecule has 1 aromatic rings. The number of carbonyl (C=O) groups excluding carboxylic acids is 1. The molecular formula is C14H20N2O4S. The lowest BCUT2D eigenvalue weighted by molar-refractivity contribution is -0.119. The van der Waals surface area contributed by atoms with E-state index in [0.29, 0.717) is 26.2 Å². The van der Waals surface area contributed by atoms with Crippen LogP contribution in [-0.2, 0) is 19.6 Å². The lowest BCUT2D eigenvalue weighted by Gasteiger charge is -2.10. The SMILES string of the molecule is CCOCCNS(=O)(=O)c1ccc([C@@H]2CNC(=O)C2)cc1. The second kappa shape index (κ2) is 7.02. The molecule has 1 fully saturated rings. The molecular weight excluding hydrogens is 292 g/mol. The minimum Gasteiger partial charge on any atom is -0.380 e. The van der Waals surface area contributed by atoms with Crippen LogP contribution in [0.1, 0.15) is 24.8 Å². The molecule has 1 atom stereocenters. The van der Waals surface area contributed by atoms with Crippen molar-refractivity contribution >= 4 is 15.9 Å². The number of carbonyl (C=O) groups is 1. The molecule has 1 aromatic carbocycles. The van der Waals surface area contributed by atoms with E-state index in [1.807, 2.05) is 6.92 Å². The molecule has 0 bridgehead atoms. The fraction of sp³-hybridized carbons (Fsp3) is 0.500. The van der Waals surface area contributed by atoms with Crippen LogP contribution in [0.15, 0.2) is 29.2 Å². The predicted molar refractivity (Wildman–Crippen MR) is 78.5 cm³/mol. The van der Waals surface area contributed by atoms with E-state index in [9.17, 15) is 13.2 Å². The Bertz CT molecular complexity index is 583. The van der Waals surface area contributed by atoms with Gasteiger partial charge < -0.3 is 10.1 Å². The van der Waals surface area contributed by atoms with Crippen molar-refractivity contribution in [2.24, 2.45) is 0 Å². The van der Waals surface area contributed by atoms with Crippen LogP contribution in [0.25, 0.3) is 0 Å². The van der Waals surface area contributed by atoms with Crippen molar-refractivity contribution in [3.05, 3.63) is 29.8 Å². The highest BCUT2D eigenvalue weighted by Gasteiger charge is 2.23. The summed E-state index contributed by atoms with van der Waals surface area (Å²) in [5.41, 5.74) is 0.974. The Kier molecular flexibility index (Phi) is 5.33. The van der Waals surface area contributed by atoms with E-state index >= 15 is 0 Å². The molecule has 0 aromatic heterocycles. The highest BCUT2D eigenvalue weighted by atomic mass is 32.2.